The number of hydrogen-bond acceptors (Lipinski definition) is 6. The monoisotopic (exact) mass is 526 g/mol. The van der Waals surface area contributed by atoms with Gasteiger partial charge in [0.15, 0.2) is 5.60 Å². The zero-order valence-electron chi connectivity index (χ0n) is 20.2. The molecule has 11 heteroatoms. The Bertz CT molecular complexity index is 1250. The number of amides is 4. The van der Waals surface area contributed by atoms with Crippen LogP contribution < -0.4 is 16.0 Å². The average molecular weight is 527 g/mol. The van der Waals surface area contributed by atoms with Crippen molar-refractivity contribution in [2.24, 2.45) is 5.92 Å². The van der Waals surface area contributed by atoms with Gasteiger partial charge < -0.3 is 19.7 Å². The largest absolute Gasteiger partial charge is 0.453 e. The number of nitrogens with one attached hydrogen (secondary N) is 3. The summed E-state index contributed by atoms with van der Waals surface area (Å²) in [5.41, 5.74) is 1.20. The van der Waals surface area contributed by atoms with Crippen LogP contribution in [0.15, 0.2) is 42.5 Å². The van der Waals surface area contributed by atoms with E-state index in [4.69, 9.17) is 16.3 Å². The summed E-state index contributed by atoms with van der Waals surface area (Å²) in [7, 11) is 1.26. The molecule has 0 bridgehead atoms. The van der Waals surface area contributed by atoms with E-state index < -0.39 is 23.8 Å². The first kappa shape index (κ1) is 24.9. The lowest BCUT2D eigenvalue weighted by molar-refractivity contribution is -0.133. The molecule has 10 nitrogen and oxygen atoms in total. The number of fused-ring (bicyclic) bond motifs is 2. The third kappa shape index (κ3) is 5.34. The van der Waals surface area contributed by atoms with E-state index in [-0.39, 0.29) is 18.4 Å². The van der Waals surface area contributed by atoms with Crippen molar-refractivity contribution in [2.75, 3.05) is 30.8 Å². The summed E-state index contributed by atoms with van der Waals surface area (Å²) < 4.78 is 10.3. The number of nitrogens with zero attached hydrogens (tertiary/aromatic N) is 1. The van der Waals surface area contributed by atoms with Crippen LogP contribution in [0, 0.1) is 5.92 Å². The Hall–Kier alpha value is -3.79. The van der Waals surface area contributed by atoms with Crippen LogP contribution in [0.4, 0.5) is 21.0 Å². The summed E-state index contributed by atoms with van der Waals surface area (Å²) in [6.45, 7) is 0.556. The van der Waals surface area contributed by atoms with Crippen molar-refractivity contribution in [3.8, 4) is 0 Å². The average Bonchev–Trinajstić information content (AvgIpc) is 3.61. The van der Waals surface area contributed by atoms with Gasteiger partial charge in [-0.1, -0.05) is 24.4 Å². The number of halogens is 1. The predicted octanol–water partition coefficient (Wildman–Crippen LogP) is 4.11. The molecule has 3 N–H and O–H groups in total. The van der Waals surface area contributed by atoms with E-state index in [0.717, 1.165) is 18.4 Å². The van der Waals surface area contributed by atoms with Gasteiger partial charge in [0.25, 0.3) is 5.91 Å². The molecule has 2 heterocycles. The molecule has 0 aromatic heterocycles. The molecule has 3 aliphatic rings. The zero-order chi connectivity index (χ0) is 26.2. The number of methoxy groups -OCH3 is 1. The van der Waals surface area contributed by atoms with Crippen LogP contribution in [0.2, 0.25) is 5.02 Å². The molecule has 2 aliphatic heterocycles. The Kier molecular flexibility index (Phi) is 6.68. The molecule has 4 amide bonds. The van der Waals surface area contributed by atoms with E-state index in [1.807, 2.05) is 0 Å². The van der Waals surface area contributed by atoms with Gasteiger partial charge >= 0.3 is 12.2 Å². The summed E-state index contributed by atoms with van der Waals surface area (Å²) in [6.07, 6.45) is 1.83. The lowest BCUT2D eigenvalue weighted by atomic mass is 9.90. The number of likely N-dealkylation sites (tertiary alicyclic amines) is 1. The Morgan fingerprint density at radius 2 is 1.97 bits per heavy atom. The SMILES string of the molecule is COC(=O)Nc1ccc(C(=O)N[C@@H](CC2CC2)C(=O)N2CC[C@@]3(C2)OC(=O)Nc2ccc(Cl)cc23)cc1. The van der Waals surface area contributed by atoms with Crippen molar-refractivity contribution < 1.29 is 28.7 Å². The number of hydrogen-bond donors (Lipinski definition) is 3. The molecule has 1 saturated carbocycles. The van der Waals surface area contributed by atoms with Gasteiger partial charge in [-0.3, -0.25) is 20.2 Å². The van der Waals surface area contributed by atoms with Crippen LogP contribution in [0.1, 0.15) is 41.6 Å². The maximum absolute atomic E-state index is 13.6. The predicted molar refractivity (Wildman–Crippen MR) is 135 cm³/mol. The van der Waals surface area contributed by atoms with Crippen molar-refractivity contribution in [1.29, 1.82) is 0 Å². The molecule has 37 heavy (non-hydrogen) atoms. The summed E-state index contributed by atoms with van der Waals surface area (Å²) >= 11 is 6.22. The van der Waals surface area contributed by atoms with Crippen LogP contribution in [0.5, 0.6) is 0 Å². The Morgan fingerprint density at radius 1 is 1.22 bits per heavy atom. The van der Waals surface area contributed by atoms with Crippen LogP contribution in [-0.4, -0.2) is 55.1 Å². The Balaban J connectivity index is 1.30. The standard InChI is InChI=1S/C26H27ClN4O6/c1-36-24(34)28-18-7-4-16(5-8-18)22(32)29-21(12-15-2-3-15)23(33)31-11-10-26(14-31)19-13-17(27)6-9-20(19)30-25(35)37-26/h4-9,13,15,21H,2-3,10-12,14H2,1H3,(H,28,34)(H,29,32)(H,30,35)/t21-,26-/m0/s1. The van der Waals surface area contributed by atoms with E-state index in [2.05, 4.69) is 20.7 Å². The van der Waals surface area contributed by atoms with Gasteiger partial charge in [-0.2, -0.15) is 0 Å². The first-order valence-corrected chi connectivity index (χ1v) is 12.5. The summed E-state index contributed by atoms with van der Waals surface area (Å²) in [4.78, 5) is 52.0. The quantitative estimate of drug-likeness (QED) is 0.520. The number of carbonyl (C=O) groups excluding carboxylic acids is 4. The molecule has 194 valence electrons. The second kappa shape index (κ2) is 9.93. The number of carbonyl (C=O) groups is 4. The molecule has 1 saturated heterocycles. The van der Waals surface area contributed by atoms with Crippen molar-refractivity contribution in [3.05, 3.63) is 58.6 Å². The fourth-order valence-corrected chi connectivity index (χ4v) is 5.06. The zero-order valence-corrected chi connectivity index (χ0v) is 21.0. The summed E-state index contributed by atoms with van der Waals surface area (Å²) in [5, 5.41) is 8.63. The Morgan fingerprint density at radius 3 is 2.68 bits per heavy atom. The van der Waals surface area contributed by atoms with Gasteiger partial charge in [0.05, 0.1) is 19.3 Å². The number of benzene rings is 2. The maximum Gasteiger partial charge on any atom is 0.412 e. The highest BCUT2D eigenvalue weighted by molar-refractivity contribution is 6.30. The molecule has 2 aromatic rings. The molecule has 2 atom stereocenters. The van der Waals surface area contributed by atoms with Crippen molar-refractivity contribution >= 4 is 47.0 Å². The minimum Gasteiger partial charge on any atom is -0.453 e. The van der Waals surface area contributed by atoms with E-state index in [9.17, 15) is 19.2 Å². The topological polar surface area (TPSA) is 126 Å². The lowest BCUT2D eigenvalue weighted by Crippen LogP contribution is -2.50. The molecule has 2 fully saturated rings. The van der Waals surface area contributed by atoms with Crippen LogP contribution in [-0.2, 0) is 19.9 Å². The minimum absolute atomic E-state index is 0.178. The van der Waals surface area contributed by atoms with E-state index >= 15 is 0 Å². The first-order valence-electron chi connectivity index (χ1n) is 12.1. The van der Waals surface area contributed by atoms with Gasteiger partial charge in [-0.05, 0) is 54.8 Å². The van der Waals surface area contributed by atoms with Crippen LogP contribution >= 0.6 is 11.6 Å². The normalized spacial score (nSPS) is 20.9. The van der Waals surface area contributed by atoms with Crippen LogP contribution in [0.25, 0.3) is 0 Å². The molecule has 0 radical (unpaired) electrons. The molecule has 1 aliphatic carbocycles. The van der Waals surface area contributed by atoms with Gasteiger partial charge in [-0.15, -0.1) is 0 Å². The van der Waals surface area contributed by atoms with Gasteiger partial charge in [0.1, 0.15) is 6.04 Å². The minimum atomic E-state index is -0.991. The van der Waals surface area contributed by atoms with Gasteiger partial charge in [0, 0.05) is 34.8 Å². The van der Waals surface area contributed by atoms with Gasteiger partial charge in [0.2, 0.25) is 5.91 Å². The Labute approximate surface area is 218 Å². The number of rotatable bonds is 6. The molecule has 2 aromatic carbocycles. The van der Waals surface area contributed by atoms with Crippen molar-refractivity contribution in [1.82, 2.24) is 10.2 Å². The third-order valence-corrected chi connectivity index (χ3v) is 7.22. The number of anilines is 2. The lowest BCUT2D eigenvalue weighted by Gasteiger charge is -2.35. The van der Waals surface area contributed by atoms with E-state index in [1.54, 1.807) is 47.4 Å². The van der Waals surface area contributed by atoms with E-state index in [1.165, 1.54) is 7.11 Å². The molecule has 5 rings (SSSR count). The first-order chi connectivity index (χ1) is 17.8. The summed E-state index contributed by atoms with van der Waals surface area (Å²) in [6, 6.07) is 10.8. The molecule has 1 spiro atoms. The smallest absolute Gasteiger partial charge is 0.412 e. The highest BCUT2D eigenvalue weighted by Crippen LogP contribution is 2.44. The van der Waals surface area contributed by atoms with E-state index in [0.29, 0.717) is 47.3 Å². The molecule has 0 unspecified atom stereocenters. The summed E-state index contributed by atoms with van der Waals surface area (Å²) in [5.74, 6) is -0.212. The van der Waals surface area contributed by atoms with Crippen LogP contribution in [0.3, 0.4) is 0 Å². The third-order valence-electron chi connectivity index (χ3n) is 6.99. The van der Waals surface area contributed by atoms with Gasteiger partial charge in [-0.25, -0.2) is 9.59 Å². The number of ether oxygens (including phenoxy) is 2. The fraction of sp³-hybridized carbons (Fsp3) is 0.385. The molecular formula is C26H27ClN4O6. The molecular weight excluding hydrogens is 500 g/mol. The second-order valence-electron chi connectivity index (χ2n) is 9.61. The fourth-order valence-electron chi connectivity index (χ4n) is 4.89. The van der Waals surface area contributed by atoms with Crippen molar-refractivity contribution in [2.45, 2.75) is 37.3 Å². The highest BCUT2D eigenvalue weighted by Gasteiger charge is 2.49. The highest BCUT2D eigenvalue weighted by atomic mass is 35.5. The second-order valence-corrected chi connectivity index (χ2v) is 10.0. The maximum atomic E-state index is 13.6. The van der Waals surface area contributed by atoms with Crippen molar-refractivity contribution in [3.63, 3.8) is 0 Å².